The highest BCUT2D eigenvalue weighted by molar-refractivity contribution is 7.12. The van der Waals surface area contributed by atoms with Crippen molar-refractivity contribution in [1.82, 2.24) is 9.78 Å². The standard InChI is InChI=1S/C18H18ClN3O2S/c1-11-6-14(19)4-5-16(11)24-9-13-7-17(25-10-13)18(23)20-15-8-22(3)21-12(15)2/h4-8,10H,9H2,1-3H3,(H,20,23). The van der Waals surface area contributed by atoms with E-state index in [1.807, 2.05) is 44.5 Å². The number of thiophene rings is 1. The van der Waals surface area contributed by atoms with Gasteiger partial charge in [-0.25, -0.2) is 0 Å². The highest BCUT2D eigenvalue weighted by Gasteiger charge is 2.13. The molecular weight excluding hydrogens is 358 g/mol. The largest absolute Gasteiger partial charge is 0.489 e. The lowest BCUT2D eigenvalue weighted by atomic mass is 10.2. The fraction of sp³-hybridized carbons (Fsp3) is 0.222. The number of nitrogens with zero attached hydrogens (tertiary/aromatic N) is 2. The molecule has 7 heteroatoms. The van der Waals surface area contributed by atoms with Crippen molar-refractivity contribution < 1.29 is 9.53 Å². The summed E-state index contributed by atoms with van der Waals surface area (Å²) in [5, 5.41) is 9.71. The second-order valence-electron chi connectivity index (χ2n) is 5.77. The Morgan fingerprint density at radius 2 is 2.16 bits per heavy atom. The second-order valence-corrected chi connectivity index (χ2v) is 7.12. The number of rotatable bonds is 5. The summed E-state index contributed by atoms with van der Waals surface area (Å²) in [6.45, 7) is 4.21. The quantitative estimate of drug-likeness (QED) is 0.709. The summed E-state index contributed by atoms with van der Waals surface area (Å²) in [4.78, 5) is 13.0. The van der Waals surface area contributed by atoms with Crippen LogP contribution < -0.4 is 10.1 Å². The molecule has 3 aromatic rings. The van der Waals surface area contributed by atoms with Crippen LogP contribution in [0.3, 0.4) is 0 Å². The van der Waals surface area contributed by atoms with E-state index in [-0.39, 0.29) is 5.91 Å². The summed E-state index contributed by atoms with van der Waals surface area (Å²) < 4.78 is 7.49. The highest BCUT2D eigenvalue weighted by Crippen LogP contribution is 2.24. The van der Waals surface area contributed by atoms with E-state index < -0.39 is 0 Å². The number of hydrogen-bond acceptors (Lipinski definition) is 4. The number of aryl methyl sites for hydroxylation is 3. The first-order valence-electron chi connectivity index (χ1n) is 7.70. The molecule has 0 unspecified atom stereocenters. The number of amides is 1. The number of carbonyl (C=O) groups is 1. The molecule has 0 aliphatic heterocycles. The SMILES string of the molecule is Cc1cc(Cl)ccc1OCc1csc(C(=O)Nc2cn(C)nc2C)c1. The number of anilines is 1. The first-order valence-corrected chi connectivity index (χ1v) is 8.96. The van der Waals surface area contributed by atoms with Crippen LogP contribution in [-0.4, -0.2) is 15.7 Å². The van der Waals surface area contributed by atoms with E-state index >= 15 is 0 Å². The minimum atomic E-state index is -0.143. The number of benzene rings is 1. The van der Waals surface area contributed by atoms with Crippen LogP contribution in [0.15, 0.2) is 35.8 Å². The fourth-order valence-electron chi connectivity index (χ4n) is 2.41. The molecule has 1 N–H and O–H groups in total. The minimum absolute atomic E-state index is 0.143. The summed E-state index contributed by atoms with van der Waals surface area (Å²) in [7, 11) is 1.82. The van der Waals surface area contributed by atoms with Gasteiger partial charge in [0.25, 0.3) is 5.91 Å². The van der Waals surface area contributed by atoms with Crippen molar-refractivity contribution in [3.05, 3.63) is 62.6 Å². The first kappa shape index (κ1) is 17.5. The molecule has 0 atom stereocenters. The van der Waals surface area contributed by atoms with Gasteiger partial charge < -0.3 is 10.1 Å². The van der Waals surface area contributed by atoms with E-state index in [0.29, 0.717) is 16.5 Å². The Hall–Kier alpha value is -2.31. The molecule has 0 aliphatic rings. The lowest BCUT2D eigenvalue weighted by Crippen LogP contribution is -2.10. The van der Waals surface area contributed by atoms with Gasteiger partial charge in [0.1, 0.15) is 12.4 Å². The monoisotopic (exact) mass is 375 g/mol. The third-order valence-electron chi connectivity index (χ3n) is 3.67. The van der Waals surface area contributed by atoms with Gasteiger partial charge >= 0.3 is 0 Å². The summed E-state index contributed by atoms with van der Waals surface area (Å²) >= 11 is 7.34. The lowest BCUT2D eigenvalue weighted by Gasteiger charge is -2.08. The zero-order valence-electron chi connectivity index (χ0n) is 14.2. The first-order chi connectivity index (χ1) is 11.9. The van der Waals surface area contributed by atoms with Gasteiger partial charge in [-0.05, 0) is 49.1 Å². The predicted molar refractivity (Wildman–Crippen MR) is 101 cm³/mol. The van der Waals surface area contributed by atoms with Crippen LogP contribution in [-0.2, 0) is 13.7 Å². The van der Waals surface area contributed by atoms with Crippen LogP contribution in [0, 0.1) is 13.8 Å². The van der Waals surface area contributed by atoms with Crippen LogP contribution >= 0.6 is 22.9 Å². The van der Waals surface area contributed by atoms with Crippen molar-refractivity contribution in [3.63, 3.8) is 0 Å². The number of hydrogen-bond donors (Lipinski definition) is 1. The van der Waals surface area contributed by atoms with E-state index in [9.17, 15) is 4.79 Å². The normalized spacial score (nSPS) is 10.7. The molecule has 2 aromatic heterocycles. The molecule has 0 aliphatic carbocycles. The summed E-state index contributed by atoms with van der Waals surface area (Å²) in [6.07, 6.45) is 1.79. The van der Waals surface area contributed by atoms with E-state index in [1.165, 1.54) is 11.3 Å². The van der Waals surface area contributed by atoms with Crippen LogP contribution in [0.25, 0.3) is 0 Å². The number of carbonyl (C=O) groups excluding carboxylic acids is 1. The summed E-state index contributed by atoms with van der Waals surface area (Å²) in [5.74, 6) is 0.641. The van der Waals surface area contributed by atoms with E-state index in [1.54, 1.807) is 16.9 Å². The molecule has 0 spiro atoms. The molecule has 130 valence electrons. The molecule has 0 saturated heterocycles. The molecule has 25 heavy (non-hydrogen) atoms. The number of ether oxygens (including phenoxy) is 1. The average Bonchev–Trinajstić information content (AvgIpc) is 3.13. The van der Waals surface area contributed by atoms with Gasteiger partial charge in [0.15, 0.2) is 0 Å². The van der Waals surface area contributed by atoms with Gasteiger partial charge in [-0.15, -0.1) is 11.3 Å². The third-order valence-corrected chi connectivity index (χ3v) is 4.88. The zero-order chi connectivity index (χ0) is 18.0. The van der Waals surface area contributed by atoms with E-state index in [0.717, 1.165) is 28.3 Å². The number of aromatic nitrogens is 2. The smallest absolute Gasteiger partial charge is 0.265 e. The molecule has 5 nitrogen and oxygen atoms in total. The van der Waals surface area contributed by atoms with Crippen molar-refractivity contribution in [2.75, 3.05) is 5.32 Å². The Kier molecular flexibility index (Phi) is 5.11. The molecule has 0 bridgehead atoms. The Bertz CT molecular complexity index is 917. The maximum Gasteiger partial charge on any atom is 0.265 e. The fourth-order valence-corrected chi connectivity index (χ4v) is 3.43. The minimum Gasteiger partial charge on any atom is -0.489 e. The predicted octanol–water partition coefficient (Wildman–Crippen LogP) is 4.58. The van der Waals surface area contributed by atoms with E-state index in [4.69, 9.17) is 16.3 Å². The zero-order valence-corrected chi connectivity index (χ0v) is 15.7. The van der Waals surface area contributed by atoms with Crippen molar-refractivity contribution >= 4 is 34.5 Å². The molecule has 2 heterocycles. The van der Waals surface area contributed by atoms with Crippen molar-refractivity contribution in [3.8, 4) is 5.75 Å². The Balaban J connectivity index is 1.63. The van der Waals surface area contributed by atoms with Gasteiger partial charge in [-0.2, -0.15) is 5.10 Å². The lowest BCUT2D eigenvalue weighted by molar-refractivity contribution is 0.103. The van der Waals surface area contributed by atoms with Crippen molar-refractivity contribution in [2.24, 2.45) is 7.05 Å². The van der Waals surface area contributed by atoms with Gasteiger partial charge in [0.05, 0.1) is 16.3 Å². The Labute approximate surface area is 155 Å². The number of halogens is 1. The molecule has 0 fully saturated rings. The van der Waals surface area contributed by atoms with E-state index in [2.05, 4.69) is 10.4 Å². The van der Waals surface area contributed by atoms with Crippen molar-refractivity contribution in [2.45, 2.75) is 20.5 Å². The maximum atomic E-state index is 12.4. The van der Waals surface area contributed by atoms with Crippen molar-refractivity contribution in [1.29, 1.82) is 0 Å². The van der Waals surface area contributed by atoms with Gasteiger partial charge in [-0.3, -0.25) is 9.48 Å². The third kappa shape index (κ3) is 4.21. The van der Waals surface area contributed by atoms with Gasteiger partial charge in [0.2, 0.25) is 0 Å². The summed E-state index contributed by atoms with van der Waals surface area (Å²) in [6, 6.07) is 7.35. The Morgan fingerprint density at radius 3 is 2.84 bits per heavy atom. The topological polar surface area (TPSA) is 56.1 Å². The molecule has 0 radical (unpaired) electrons. The average molecular weight is 376 g/mol. The van der Waals surface area contributed by atoms with Crippen LogP contribution in [0.2, 0.25) is 5.02 Å². The van der Waals surface area contributed by atoms with Crippen LogP contribution in [0.5, 0.6) is 5.75 Å². The second kappa shape index (κ2) is 7.29. The number of nitrogens with one attached hydrogen (secondary N) is 1. The molecule has 3 rings (SSSR count). The Morgan fingerprint density at radius 1 is 1.36 bits per heavy atom. The van der Waals surface area contributed by atoms with Crippen LogP contribution in [0.4, 0.5) is 5.69 Å². The molecule has 0 saturated carbocycles. The van der Waals surface area contributed by atoms with Gasteiger partial charge in [-0.1, -0.05) is 11.6 Å². The molecular formula is C18H18ClN3O2S. The van der Waals surface area contributed by atoms with Crippen LogP contribution in [0.1, 0.15) is 26.5 Å². The highest BCUT2D eigenvalue weighted by atomic mass is 35.5. The van der Waals surface area contributed by atoms with Gasteiger partial charge in [0, 0.05) is 23.8 Å². The molecule has 1 amide bonds. The summed E-state index contributed by atoms with van der Waals surface area (Å²) in [5.41, 5.74) is 3.44. The molecule has 1 aromatic carbocycles. The maximum absolute atomic E-state index is 12.4.